The summed E-state index contributed by atoms with van der Waals surface area (Å²) in [5.74, 6) is -0.265. The molecule has 3 nitrogen and oxygen atoms in total. The van der Waals surface area contributed by atoms with E-state index >= 15 is 0 Å². The smallest absolute Gasteiger partial charge is 0.123 e. The summed E-state index contributed by atoms with van der Waals surface area (Å²) in [7, 11) is 0. The minimum absolute atomic E-state index is 0.0826. The zero-order valence-corrected chi connectivity index (χ0v) is 15.0. The lowest BCUT2D eigenvalue weighted by Gasteiger charge is -2.39. The van der Waals surface area contributed by atoms with Crippen molar-refractivity contribution in [2.24, 2.45) is 0 Å². The van der Waals surface area contributed by atoms with Crippen molar-refractivity contribution in [3.63, 3.8) is 0 Å². The van der Waals surface area contributed by atoms with Crippen LogP contribution in [0.3, 0.4) is 0 Å². The Balaban J connectivity index is 1.25. The minimum atomic E-state index is -0.517. The van der Waals surface area contributed by atoms with Crippen LogP contribution in [0.2, 0.25) is 0 Å². The van der Waals surface area contributed by atoms with Gasteiger partial charge >= 0.3 is 0 Å². The van der Waals surface area contributed by atoms with Crippen LogP contribution in [0, 0.1) is 5.82 Å². The van der Waals surface area contributed by atoms with E-state index in [0.717, 1.165) is 51.1 Å². The van der Waals surface area contributed by atoms with E-state index in [1.54, 1.807) is 12.1 Å². The second kappa shape index (κ2) is 7.47. The van der Waals surface area contributed by atoms with Crippen LogP contribution in [0.15, 0.2) is 48.5 Å². The highest BCUT2D eigenvalue weighted by atomic mass is 19.1. The molecule has 0 bridgehead atoms. The quantitative estimate of drug-likeness (QED) is 0.874. The lowest BCUT2D eigenvalue weighted by Crippen LogP contribution is -2.42. The van der Waals surface area contributed by atoms with Crippen molar-refractivity contribution in [2.75, 3.05) is 19.6 Å². The largest absolute Gasteiger partial charge is 0.388 e. The number of hydrogen-bond donors (Lipinski definition) is 1. The summed E-state index contributed by atoms with van der Waals surface area (Å²) in [5.41, 5.74) is 3.43. The number of hydrogen-bond acceptors (Lipinski definition) is 3. The van der Waals surface area contributed by atoms with Crippen LogP contribution in [-0.4, -0.2) is 29.6 Å². The molecule has 4 rings (SSSR count). The van der Waals surface area contributed by atoms with E-state index in [0.29, 0.717) is 6.42 Å². The van der Waals surface area contributed by atoms with Crippen LogP contribution in [0.4, 0.5) is 4.39 Å². The zero-order chi connectivity index (χ0) is 18.0. The second-order valence-electron chi connectivity index (χ2n) is 7.49. The summed E-state index contributed by atoms with van der Waals surface area (Å²) in [6.45, 7) is 3.78. The van der Waals surface area contributed by atoms with E-state index in [1.807, 2.05) is 0 Å². The third-order valence-electron chi connectivity index (χ3n) is 5.88. The Morgan fingerprint density at radius 1 is 1.08 bits per heavy atom. The van der Waals surface area contributed by atoms with E-state index in [4.69, 9.17) is 4.74 Å². The monoisotopic (exact) mass is 355 g/mol. The van der Waals surface area contributed by atoms with Gasteiger partial charge in [-0.3, -0.25) is 0 Å². The van der Waals surface area contributed by atoms with Crippen LogP contribution >= 0.6 is 0 Å². The molecule has 0 amide bonds. The Hall–Kier alpha value is -1.75. The lowest BCUT2D eigenvalue weighted by molar-refractivity contribution is -0.0790. The Morgan fingerprint density at radius 2 is 1.81 bits per heavy atom. The molecular formula is C22H26FNO2. The molecule has 1 fully saturated rings. The van der Waals surface area contributed by atoms with E-state index < -0.39 is 6.10 Å². The zero-order valence-electron chi connectivity index (χ0n) is 15.0. The molecule has 0 aliphatic carbocycles. The normalized spacial score (nSPS) is 20.2. The van der Waals surface area contributed by atoms with Crippen LogP contribution in [0.1, 0.15) is 48.5 Å². The first-order valence-electron chi connectivity index (χ1n) is 9.54. The molecule has 1 N–H and O–H groups in total. The van der Waals surface area contributed by atoms with Crippen molar-refractivity contribution < 1.29 is 14.2 Å². The molecule has 2 aliphatic rings. The molecule has 0 saturated carbocycles. The molecule has 2 aromatic rings. The molecule has 1 saturated heterocycles. The fourth-order valence-electron chi connectivity index (χ4n) is 4.30. The van der Waals surface area contributed by atoms with Gasteiger partial charge in [0.05, 0.1) is 18.3 Å². The lowest BCUT2D eigenvalue weighted by atomic mass is 9.84. The number of nitrogens with zero attached hydrogens (tertiary/aromatic N) is 1. The van der Waals surface area contributed by atoms with E-state index in [9.17, 15) is 9.50 Å². The van der Waals surface area contributed by atoms with Crippen LogP contribution in [0.25, 0.3) is 0 Å². The second-order valence-corrected chi connectivity index (χ2v) is 7.49. The molecule has 1 unspecified atom stereocenters. The van der Waals surface area contributed by atoms with Crippen molar-refractivity contribution in [2.45, 2.75) is 44.0 Å². The molecule has 138 valence electrons. The summed E-state index contributed by atoms with van der Waals surface area (Å²) in [4.78, 5) is 2.47. The number of rotatable bonds is 5. The molecule has 2 heterocycles. The van der Waals surface area contributed by atoms with Gasteiger partial charge in [-0.1, -0.05) is 36.4 Å². The Labute approximate surface area is 154 Å². The average molecular weight is 355 g/mol. The molecule has 0 aromatic heterocycles. The summed E-state index contributed by atoms with van der Waals surface area (Å²) < 4.78 is 19.2. The molecule has 1 atom stereocenters. The third kappa shape index (κ3) is 3.54. The van der Waals surface area contributed by atoms with Gasteiger partial charge in [-0.05, 0) is 61.1 Å². The molecule has 0 radical (unpaired) electrons. The van der Waals surface area contributed by atoms with Gasteiger partial charge in [-0.2, -0.15) is 0 Å². The number of halogens is 1. The molecule has 1 spiro atoms. The highest BCUT2D eigenvalue weighted by molar-refractivity contribution is 5.35. The average Bonchev–Trinajstić information content (AvgIpc) is 3.03. The number of aliphatic hydroxyl groups is 1. The maximum atomic E-state index is 13.0. The standard InChI is InChI=1S/C22H26FNO2/c23-19-9-7-17(8-10-19)21(25)6-3-13-24-14-11-22(12-15-24)20-5-2-1-4-18(20)16-26-22/h1-2,4-5,7-10,21,25H,3,6,11-16H2. The van der Waals surface area contributed by atoms with Crippen molar-refractivity contribution in [1.29, 1.82) is 0 Å². The van der Waals surface area contributed by atoms with Crippen LogP contribution in [0.5, 0.6) is 0 Å². The number of ether oxygens (including phenoxy) is 1. The highest BCUT2D eigenvalue weighted by Gasteiger charge is 2.42. The topological polar surface area (TPSA) is 32.7 Å². The molecule has 26 heavy (non-hydrogen) atoms. The fourth-order valence-corrected chi connectivity index (χ4v) is 4.30. The van der Waals surface area contributed by atoms with Gasteiger partial charge in [0.2, 0.25) is 0 Å². The van der Waals surface area contributed by atoms with Gasteiger partial charge < -0.3 is 14.7 Å². The highest BCUT2D eigenvalue weighted by Crippen LogP contribution is 2.43. The first kappa shape index (κ1) is 17.7. The van der Waals surface area contributed by atoms with Crippen molar-refractivity contribution in [3.05, 3.63) is 71.0 Å². The first-order chi connectivity index (χ1) is 12.7. The Kier molecular flexibility index (Phi) is 5.07. The van der Waals surface area contributed by atoms with Gasteiger partial charge in [0, 0.05) is 13.1 Å². The summed E-state index contributed by atoms with van der Waals surface area (Å²) in [6, 6.07) is 14.7. The van der Waals surface area contributed by atoms with Gasteiger partial charge in [-0.15, -0.1) is 0 Å². The van der Waals surface area contributed by atoms with Crippen molar-refractivity contribution in [3.8, 4) is 0 Å². The van der Waals surface area contributed by atoms with E-state index in [-0.39, 0.29) is 11.4 Å². The van der Waals surface area contributed by atoms with Gasteiger partial charge in [0.25, 0.3) is 0 Å². The predicted octanol–water partition coefficient (Wildman–Crippen LogP) is 4.16. The Bertz CT molecular complexity index is 738. The number of piperidine rings is 1. The third-order valence-corrected chi connectivity index (χ3v) is 5.88. The maximum Gasteiger partial charge on any atom is 0.123 e. The number of benzene rings is 2. The number of likely N-dealkylation sites (tertiary alicyclic amines) is 1. The predicted molar refractivity (Wildman–Crippen MR) is 99.2 cm³/mol. The SMILES string of the molecule is OC(CCCN1CCC2(CC1)OCc1ccccc12)c1ccc(F)cc1. The number of fused-ring (bicyclic) bond motifs is 2. The first-order valence-corrected chi connectivity index (χ1v) is 9.54. The van der Waals surface area contributed by atoms with Gasteiger partial charge in [-0.25, -0.2) is 4.39 Å². The maximum absolute atomic E-state index is 13.0. The molecule has 2 aromatic carbocycles. The number of aliphatic hydroxyl groups excluding tert-OH is 1. The van der Waals surface area contributed by atoms with Crippen LogP contribution in [-0.2, 0) is 16.9 Å². The van der Waals surface area contributed by atoms with Crippen LogP contribution < -0.4 is 0 Å². The van der Waals surface area contributed by atoms with Gasteiger partial charge in [0.1, 0.15) is 5.82 Å². The molecule has 2 aliphatic heterocycles. The van der Waals surface area contributed by atoms with E-state index in [1.165, 1.54) is 23.3 Å². The molecule has 4 heteroatoms. The van der Waals surface area contributed by atoms with Gasteiger partial charge in [0.15, 0.2) is 0 Å². The van der Waals surface area contributed by atoms with Crippen molar-refractivity contribution in [1.82, 2.24) is 4.90 Å². The minimum Gasteiger partial charge on any atom is -0.388 e. The van der Waals surface area contributed by atoms with Crippen molar-refractivity contribution >= 4 is 0 Å². The summed E-state index contributed by atoms with van der Waals surface area (Å²) in [6.07, 6.45) is 3.18. The fraction of sp³-hybridized carbons (Fsp3) is 0.455. The summed E-state index contributed by atoms with van der Waals surface area (Å²) in [5, 5.41) is 10.3. The Morgan fingerprint density at radius 3 is 2.58 bits per heavy atom. The molecular weight excluding hydrogens is 329 g/mol. The summed E-state index contributed by atoms with van der Waals surface area (Å²) >= 11 is 0. The van der Waals surface area contributed by atoms with E-state index in [2.05, 4.69) is 29.2 Å².